The summed E-state index contributed by atoms with van der Waals surface area (Å²) in [7, 11) is 0. The van der Waals surface area contributed by atoms with Gasteiger partial charge in [0.05, 0.1) is 13.2 Å². The average molecular weight is 429 g/mol. The van der Waals surface area contributed by atoms with E-state index in [2.05, 4.69) is 19.1 Å². The molecule has 0 saturated carbocycles. The number of allylic oxidation sites excluding steroid dienone is 2. The van der Waals surface area contributed by atoms with Crippen LogP contribution in [-0.4, -0.2) is 59.6 Å². The van der Waals surface area contributed by atoms with Crippen molar-refractivity contribution in [2.75, 3.05) is 19.8 Å². The van der Waals surface area contributed by atoms with Crippen molar-refractivity contribution in [2.45, 2.75) is 128 Å². The Kier molecular flexibility index (Phi) is 17.7. The first-order valence-electron chi connectivity index (χ1n) is 12.6. The zero-order valence-electron chi connectivity index (χ0n) is 19.4. The van der Waals surface area contributed by atoms with Gasteiger partial charge in [-0.2, -0.15) is 0 Å². The van der Waals surface area contributed by atoms with Crippen LogP contribution in [0.5, 0.6) is 0 Å². The number of hydrogen-bond donors (Lipinski definition) is 3. The highest BCUT2D eigenvalue weighted by atomic mass is 16.6. The molecule has 5 nitrogen and oxygen atoms in total. The van der Waals surface area contributed by atoms with Gasteiger partial charge >= 0.3 is 0 Å². The van der Waals surface area contributed by atoms with E-state index in [1.54, 1.807) is 0 Å². The van der Waals surface area contributed by atoms with Crippen LogP contribution < -0.4 is 0 Å². The molecule has 0 aliphatic carbocycles. The standard InChI is InChI=1S/C25H48O5/c1-2-3-4-5-6-7-8-9-10-11-12-13-14-15-16-17-18-19-29-23(20-26)25-24(28)22(27)21-30-25/h9-10,22-28H,2-8,11-21H2,1H3/b10-9+/t22-,23+,24-,25-/m1/s1. The molecule has 1 rings (SSSR count). The fourth-order valence-electron chi connectivity index (χ4n) is 3.97. The molecule has 0 unspecified atom stereocenters. The number of aliphatic hydroxyl groups is 3. The summed E-state index contributed by atoms with van der Waals surface area (Å²) < 4.78 is 11.0. The van der Waals surface area contributed by atoms with Gasteiger partial charge in [-0.25, -0.2) is 0 Å². The van der Waals surface area contributed by atoms with Gasteiger partial charge < -0.3 is 24.8 Å². The number of unbranched alkanes of at least 4 members (excludes halogenated alkanes) is 13. The summed E-state index contributed by atoms with van der Waals surface area (Å²) in [4.78, 5) is 0. The maximum absolute atomic E-state index is 9.84. The van der Waals surface area contributed by atoms with Gasteiger partial charge in [-0.15, -0.1) is 0 Å². The summed E-state index contributed by atoms with van der Waals surface area (Å²) in [6.45, 7) is 2.71. The minimum atomic E-state index is -0.979. The van der Waals surface area contributed by atoms with Crippen LogP contribution in [0.2, 0.25) is 0 Å². The highest BCUT2D eigenvalue weighted by molar-refractivity contribution is 4.88. The van der Waals surface area contributed by atoms with E-state index in [1.807, 2.05) is 0 Å². The first kappa shape index (κ1) is 27.6. The minimum Gasteiger partial charge on any atom is -0.394 e. The molecule has 1 saturated heterocycles. The van der Waals surface area contributed by atoms with E-state index in [-0.39, 0.29) is 13.2 Å². The first-order chi connectivity index (χ1) is 14.7. The molecule has 0 aromatic rings. The van der Waals surface area contributed by atoms with Gasteiger partial charge in [-0.1, -0.05) is 83.3 Å². The van der Waals surface area contributed by atoms with Gasteiger partial charge in [0.2, 0.25) is 0 Å². The molecule has 4 atom stereocenters. The lowest BCUT2D eigenvalue weighted by Crippen LogP contribution is -2.42. The Bertz CT molecular complexity index is 401. The maximum Gasteiger partial charge on any atom is 0.114 e. The molecule has 1 aliphatic heterocycles. The van der Waals surface area contributed by atoms with Crippen LogP contribution in [-0.2, 0) is 9.47 Å². The summed E-state index contributed by atoms with van der Waals surface area (Å²) in [5, 5.41) is 28.8. The van der Waals surface area contributed by atoms with Gasteiger partial charge in [0.15, 0.2) is 0 Å². The molecule has 0 radical (unpaired) electrons. The van der Waals surface area contributed by atoms with E-state index in [9.17, 15) is 15.3 Å². The Morgan fingerprint density at radius 3 is 1.87 bits per heavy atom. The topological polar surface area (TPSA) is 79.2 Å². The Labute approximate surface area is 184 Å². The molecule has 0 bridgehead atoms. The molecule has 5 heteroatoms. The smallest absolute Gasteiger partial charge is 0.114 e. The second-order valence-corrected chi connectivity index (χ2v) is 8.74. The van der Waals surface area contributed by atoms with Crippen molar-refractivity contribution in [3.63, 3.8) is 0 Å². The molecule has 1 aliphatic rings. The normalized spacial score (nSPS) is 22.9. The third-order valence-corrected chi connectivity index (χ3v) is 5.97. The molecule has 0 aromatic heterocycles. The van der Waals surface area contributed by atoms with E-state index in [4.69, 9.17) is 9.47 Å². The minimum absolute atomic E-state index is 0.0978. The van der Waals surface area contributed by atoms with E-state index in [1.165, 1.54) is 83.5 Å². The highest BCUT2D eigenvalue weighted by Gasteiger charge is 2.40. The SMILES string of the molecule is CCCCCCCC/C=C/CCCCCCCCCO[C@@H](CO)[C@H]1OC[C@@H](O)[C@H]1O. The quantitative estimate of drug-likeness (QED) is 0.190. The third-order valence-electron chi connectivity index (χ3n) is 5.97. The highest BCUT2D eigenvalue weighted by Crippen LogP contribution is 2.20. The van der Waals surface area contributed by atoms with Crippen LogP contribution in [0.4, 0.5) is 0 Å². The predicted octanol–water partition coefficient (Wildman–Crippen LogP) is 4.91. The molecule has 1 heterocycles. The zero-order chi connectivity index (χ0) is 21.9. The summed E-state index contributed by atoms with van der Waals surface area (Å²) in [5.41, 5.74) is 0. The largest absolute Gasteiger partial charge is 0.394 e. The molecule has 3 N–H and O–H groups in total. The van der Waals surface area contributed by atoms with Crippen LogP contribution >= 0.6 is 0 Å². The fraction of sp³-hybridized carbons (Fsp3) is 0.920. The van der Waals surface area contributed by atoms with Crippen molar-refractivity contribution in [2.24, 2.45) is 0 Å². The van der Waals surface area contributed by atoms with Gasteiger partial charge in [0.25, 0.3) is 0 Å². The number of ether oxygens (including phenoxy) is 2. The van der Waals surface area contributed by atoms with Crippen molar-refractivity contribution < 1.29 is 24.8 Å². The van der Waals surface area contributed by atoms with E-state index < -0.39 is 24.4 Å². The van der Waals surface area contributed by atoms with Crippen LogP contribution in [0, 0.1) is 0 Å². The molecule has 178 valence electrons. The molecule has 0 amide bonds. The average Bonchev–Trinajstić information content (AvgIpc) is 3.08. The van der Waals surface area contributed by atoms with Crippen molar-refractivity contribution in [3.05, 3.63) is 12.2 Å². The molecule has 30 heavy (non-hydrogen) atoms. The van der Waals surface area contributed by atoms with Crippen molar-refractivity contribution in [1.82, 2.24) is 0 Å². The lowest BCUT2D eigenvalue weighted by molar-refractivity contribution is -0.101. The lowest BCUT2D eigenvalue weighted by Gasteiger charge is -2.24. The van der Waals surface area contributed by atoms with Crippen LogP contribution in [0.25, 0.3) is 0 Å². The Hall–Kier alpha value is -0.460. The number of rotatable bonds is 20. The Morgan fingerprint density at radius 1 is 0.833 bits per heavy atom. The van der Waals surface area contributed by atoms with Gasteiger partial charge in [0.1, 0.15) is 24.4 Å². The zero-order valence-corrected chi connectivity index (χ0v) is 19.4. The summed E-state index contributed by atoms with van der Waals surface area (Å²) in [6, 6.07) is 0. The third kappa shape index (κ3) is 13.1. The summed E-state index contributed by atoms with van der Waals surface area (Å²) in [5.74, 6) is 0. The van der Waals surface area contributed by atoms with E-state index in [0.29, 0.717) is 6.61 Å². The van der Waals surface area contributed by atoms with Gasteiger partial charge in [0, 0.05) is 6.61 Å². The Morgan fingerprint density at radius 2 is 1.37 bits per heavy atom. The molecular weight excluding hydrogens is 380 g/mol. The van der Waals surface area contributed by atoms with Crippen molar-refractivity contribution >= 4 is 0 Å². The van der Waals surface area contributed by atoms with Crippen LogP contribution in [0.3, 0.4) is 0 Å². The monoisotopic (exact) mass is 428 g/mol. The Balaban J connectivity index is 1.83. The van der Waals surface area contributed by atoms with Crippen molar-refractivity contribution in [1.29, 1.82) is 0 Å². The van der Waals surface area contributed by atoms with Crippen molar-refractivity contribution in [3.8, 4) is 0 Å². The van der Waals surface area contributed by atoms with E-state index in [0.717, 1.165) is 12.8 Å². The van der Waals surface area contributed by atoms with Gasteiger partial charge in [-0.3, -0.25) is 0 Å². The molecule has 0 spiro atoms. The predicted molar refractivity (Wildman–Crippen MR) is 123 cm³/mol. The second kappa shape index (κ2) is 19.2. The molecule has 0 aromatic carbocycles. The number of aliphatic hydroxyl groups excluding tert-OH is 3. The number of hydrogen-bond acceptors (Lipinski definition) is 5. The first-order valence-corrected chi connectivity index (χ1v) is 12.6. The summed E-state index contributed by atoms with van der Waals surface area (Å²) in [6.07, 6.45) is 20.8. The van der Waals surface area contributed by atoms with Crippen LogP contribution in [0.15, 0.2) is 12.2 Å². The second-order valence-electron chi connectivity index (χ2n) is 8.74. The van der Waals surface area contributed by atoms with Crippen LogP contribution in [0.1, 0.15) is 103 Å². The summed E-state index contributed by atoms with van der Waals surface area (Å²) >= 11 is 0. The van der Waals surface area contributed by atoms with Gasteiger partial charge in [-0.05, 0) is 32.1 Å². The fourth-order valence-corrected chi connectivity index (χ4v) is 3.97. The maximum atomic E-state index is 9.84. The molecule has 1 fully saturated rings. The molecular formula is C25H48O5. The van der Waals surface area contributed by atoms with E-state index >= 15 is 0 Å². The lowest BCUT2D eigenvalue weighted by atomic mass is 10.1.